The van der Waals surface area contributed by atoms with Crippen molar-refractivity contribution in [3.05, 3.63) is 11.8 Å². The van der Waals surface area contributed by atoms with Gasteiger partial charge in [0.05, 0.1) is 13.4 Å². The third-order valence-electron chi connectivity index (χ3n) is 6.21. The number of fused-ring (bicyclic) bond motifs is 3. The van der Waals surface area contributed by atoms with Crippen molar-refractivity contribution in [1.82, 2.24) is 0 Å². The van der Waals surface area contributed by atoms with Crippen LogP contribution in [0.3, 0.4) is 0 Å². The largest absolute Gasteiger partial charge is 0.486 e. The Bertz CT molecular complexity index is 451. The molecule has 0 bridgehead atoms. The number of methoxy groups -OCH3 is 1. The summed E-state index contributed by atoms with van der Waals surface area (Å²) in [5, 5.41) is 0. The molecule has 3 aliphatic rings. The van der Waals surface area contributed by atoms with E-state index in [0.29, 0.717) is 11.3 Å². The van der Waals surface area contributed by atoms with Gasteiger partial charge in [-0.15, -0.1) is 0 Å². The van der Waals surface area contributed by atoms with E-state index in [-0.39, 0.29) is 17.3 Å². The Hall–Kier alpha value is -0.990. The van der Waals surface area contributed by atoms with Crippen molar-refractivity contribution in [2.45, 2.75) is 59.0 Å². The Morgan fingerprint density at radius 1 is 1.35 bits per heavy atom. The van der Waals surface area contributed by atoms with Crippen molar-refractivity contribution in [3.8, 4) is 0 Å². The summed E-state index contributed by atoms with van der Waals surface area (Å²) >= 11 is 0. The van der Waals surface area contributed by atoms with Gasteiger partial charge in [0.15, 0.2) is 0 Å². The maximum atomic E-state index is 12.1. The lowest BCUT2D eigenvalue weighted by molar-refractivity contribution is -0.158. The van der Waals surface area contributed by atoms with Gasteiger partial charge in [0.2, 0.25) is 6.10 Å². The second-order valence-electron chi connectivity index (χ2n) is 7.69. The molecule has 0 amide bonds. The molecule has 112 valence electrons. The second-order valence-corrected chi connectivity index (χ2v) is 7.69. The van der Waals surface area contributed by atoms with E-state index >= 15 is 0 Å². The number of ether oxygens (including phenoxy) is 2. The van der Waals surface area contributed by atoms with E-state index in [1.165, 1.54) is 38.4 Å². The van der Waals surface area contributed by atoms with E-state index in [4.69, 9.17) is 9.47 Å². The topological polar surface area (TPSA) is 35.5 Å². The maximum absolute atomic E-state index is 12.1. The minimum Gasteiger partial charge on any atom is -0.486 e. The smallest absolute Gasteiger partial charge is 0.347 e. The van der Waals surface area contributed by atoms with Crippen molar-refractivity contribution in [2.24, 2.45) is 22.7 Å². The van der Waals surface area contributed by atoms with Gasteiger partial charge in [0.1, 0.15) is 0 Å². The van der Waals surface area contributed by atoms with E-state index in [9.17, 15) is 4.79 Å². The summed E-state index contributed by atoms with van der Waals surface area (Å²) in [6.07, 6.45) is 7.46. The van der Waals surface area contributed by atoms with Gasteiger partial charge in [0, 0.05) is 5.92 Å². The molecule has 3 heteroatoms. The van der Waals surface area contributed by atoms with Crippen LogP contribution in [0.2, 0.25) is 0 Å². The van der Waals surface area contributed by atoms with Crippen LogP contribution in [0.4, 0.5) is 0 Å². The summed E-state index contributed by atoms with van der Waals surface area (Å²) in [5.41, 5.74) is 1.86. The molecule has 3 rings (SSSR count). The number of carbonyl (C=O) groups excluding carboxylic acids is 1. The van der Waals surface area contributed by atoms with Gasteiger partial charge in [-0.05, 0) is 48.0 Å². The van der Waals surface area contributed by atoms with Gasteiger partial charge in [-0.1, -0.05) is 27.2 Å². The number of esters is 1. The van der Waals surface area contributed by atoms with Crippen LogP contribution in [-0.2, 0) is 14.3 Å². The molecule has 3 nitrogen and oxygen atoms in total. The van der Waals surface area contributed by atoms with Crippen molar-refractivity contribution < 1.29 is 14.3 Å². The van der Waals surface area contributed by atoms with Crippen LogP contribution < -0.4 is 0 Å². The summed E-state index contributed by atoms with van der Waals surface area (Å²) in [5.74, 6) is 0.666. The minimum absolute atomic E-state index is 0.168. The molecule has 1 aliphatic heterocycles. The molecule has 20 heavy (non-hydrogen) atoms. The normalized spacial score (nSPS) is 42.0. The van der Waals surface area contributed by atoms with Crippen LogP contribution >= 0.6 is 0 Å². The molecular formula is C17H26O3. The van der Waals surface area contributed by atoms with Crippen LogP contribution in [0.25, 0.3) is 0 Å². The monoisotopic (exact) mass is 278 g/mol. The van der Waals surface area contributed by atoms with Crippen molar-refractivity contribution >= 4 is 5.97 Å². The summed E-state index contributed by atoms with van der Waals surface area (Å²) in [6, 6.07) is 0. The van der Waals surface area contributed by atoms with Gasteiger partial charge < -0.3 is 9.47 Å². The summed E-state index contributed by atoms with van der Waals surface area (Å²) in [7, 11) is 1.46. The Kier molecular flexibility index (Phi) is 3.15. The van der Waals surface area contributed by atoms with Gasteiger partial charge >= 0.3 is 5.97 Å². The lowest BCUT2D eigenvalue weighted by Crippen LogP contribution is -2.53. The minimum atomic E-state index is -0.420. The van der Waals surface area contributed by atoms with E-state index < -0.39 is 6.10 Å². The van der Waals surface area contributed by atoms with E-state index in [1.54, 1.807) is 0 Å². The molecule has 0 aromatic carbocycles. The fourth-order valence-electron chi connectivity index (χ4n) is 5.37. The number of hydrogen-bond acceptors (Lipinski definition) is 3. The maximum Gasteiger partial charge on any atom is 0.347 e. The fraction of sp³-hybridized carbons (Fsp3) is 0.824. The molecule has 0 unspecified atom stereocenters. The lowest BCUT2D eigenvalue weighted by atomic mass is 9.47. The van der Waals surface area contributed by atoms with Gasteiger partial charge in [-0.2, -0.15) is 0 Å². The molecule has 0 aromatic rings. The van der Waals surface area contributed by atoms with Gasteiger partial charge in [-0.3, -0.25) is 0 Å². The first-order chi connectivity index (χ1) is 9.40. The lowest BCUT2D eigenvalue weighted by Gasteiger charge is -2.57. The zero-order valence-corrected chi connectivity index (χ0v) is 13.1. The molecule has 0 saturated heterocycles. The Morgan fingerprint density at radius 3 is 2.80 bits per heavy atom. The Labute approximate surface area is 121 Å². The third kappa shape index (κ3) is 1.82. The number of carbonyl (C=O) groups is 1. The summed E-state index contributed by atoms with van der Waals surface area (Å²) < 4.78 is 10.7. The molecule has 0 aromatic heterocycles. The first-order valence-corrected chi connectivity index (χ1v) is 7.82. The third-order valence-corrected chi connectivity index (χ3v) is 6.21. The average Bonchev–Trinajstić information content (AvgIpc) is 2.82. The van der Waals surface area contributed by atoms with Crippen LogP contribution in [0.1, 0.15) is 52.9 Å². The van der Waals surface area contributed by atoms with Crippen LogP contribution in [0.5, 0.6) is 0 Å². The highest BCUT2D eigenvalue weighted by atomic mass is 16.6. The quantitative estimate of drug-likeness (QED) is 0.686. The zero-order valence-electron chi connectivity index (χ0n) is 13.1. The highest BCUT2D eigenvalue weighted by Gasteiger charge is 2.58. The molecule has 4 atom stereocenters. The summed E-state index contributed by atoms with van der Waals surface area (Å²) in [6.45, 7) is 7.17. The van der Waals surface area contributed by atoms with Crippen LogP contribution in [0, 0.1) is 22.7 Å². The number of hydrogen-bond donors (Lipinski definition) is 0. The highest BCUT2D eigenvalue weighted by Crippen LogP contribution is 2.63. The number of rotatable bonds is 1. The fourth-order valence-corrected chi connectivity index (χ4v) is 5.37. The molecule has 0 N–H and O–H groups in total. The molecule has 0 radical (unpaired) electrons. The average molecular weight is 278 g/mol. The van der Waals surface area contributed by atoms with Gasteiger partial charge in [-0.25, -0.2) is 4.79 Å². The Morgan fingerprint density at radius 2 is 2.10 bits per heavy atom. The zero-order chi connectivity index (χ0) is 14.5. The highest BCUT2D eigenvalue weighted by molar-refractivity contribution is 5.76. The van der Waals surface area contributed by atoms with E-state index in [1.807, 2.05) is 6.26 Å². The van der Waals surface area contributed by atoms with Crippen molar-refractivity contribution in [2.75, 3.05) is 7.11 Å². The predicted octanol–water partition coefficient (Wildman–Crippen LogP) is 3.68. The van der Waals surface area contributed by atoms with Crippen molar-refractivity contribution in [1.29, 1.82) is 0 Å². The molecule has 2 saturated carbocycles. The van der Waals surface area contributed by atoms with Gasteiger partial charge in [0.25, 0.3) is 0 Å². The van der Waals surface area contributed by atoms with Crippen molar-refractivity contribution in [3.63, 3.8) is 0 Å². The first kappa shape index (κ1) is 14.0. The standard InChI is InChI=1S/C17H26O3/c1-16(2)8-5-9-17(3)12(16)7-6-11-10-20-14(13(11)17)15(18)19-4/h10,12-14H,5-9H2,1-4H3/t12-,13+,14+,17-/m0/s1. The first-order valence-electron chi connectivity index (χ1n) is 7.82. The molecule has 1 heterocycles. The van der Waals surface area contributed by atoms with Crippen LogP contribution in [0.15, 0.2) is 11.8 Å². The van der Waals surface area contributed by atoms with Crippen LogP contribution in [-0.4, -0.2) is 19.2 Å². The summed E-state index contributed by atoms with van der Waals surface area (Å²) in [4.78, 5) is 12.1. The Balaban J connectivity index is 1.97. The van der Waals surface area contributed by atoms with E-state index in [0.717, 1.165) is 6.42 Å². The molecular weight excluding hydrogens is 252 g/mol. The second kappa shape index (κ2) is 4.51. The molecule has 0 spiro atoms. The molecule has 2 fully saturated rings. The van der Waals surface area contributed by atoms with E-state index in [2.05, 4.69) is 20.8 Å². The SMILES string of the molecule is COC(=O)[C@@H]1OC=C2CC[C@H]3C(C)(C)CCC[C@]3(C)[C@H]21. The molecule has 2 aliphatic carbocycles. The predicted molar refractivity (Wildman–Crippen MR) is 76.9 cm³/mol.